The first-order valence-corrected chi connectivity index (χ1v) is 6.11. The Bertz CT molecular complexity index is 660. The van der Waals surface area contributed by atoms with E-state index in [1.807, 2.05) is 30.3 Å². The van der Waals surface area contributed by atoms with Gasteiger partial charge in [0.1, 0.15) is 11.5 Å². The summed E-state index contributed by atoms with van der Waals surface area (Å²) in [5.41, 5.74) is 3.23. The topological polar surface area (TPSA) is 34.2 Å². The molecule has 0 amide bonds. The van der Waals surface area contributed by atoms with Gasteiger partial charge >= 0.3 is 0 Å². The molecule has 0 aliphatic rings. The van der Waals surface area contributed by atoms with E-state index in [-0.39, 0.29) is 0 Å². The molecule has 0 atom stereocenters. The summed E-state index contributed by atoms with van der Waals surface area (Å²) in [6.45, 7) is 0. The van der Waals surface area contributed by atoms with Crippen molar-refractivity contribution in [2.24, 2.45) is 0 Å². The summed E-state index contributed by atoms with van der Waals surface area (Å²) in [6.07, 6.45) is 0. The molecule has 19 heavy (non-hydrogen) atoms. The molecule has 3 rings (SSSR count). The molecule has 0 spiro atoms. The van der Waals surface area contributed by atoms with E-state index in [0.717, 1.165) is 28.3 Å². The number of aromatic nitrogens is 1. The van der Waals surface area contributed by atoms with Gasteiger partial charge in [-0.1, -0.05) is 18.2 Å². The lowest BCUT2D eigenvalue weighted by Crippen LogP contribution is -1.88. The Labute approximate surface area is 111 Å². The van der Waals surface area contributed by atoms with Crippen LogP contribution in [0.25, 0.3) is 22.2 Å². The molecule has 2 aromatic carbocycles. The standard InChI is InChI=1S/C16H15NO2/c1-18-13-7-12(8-14(10-13)19-2)16-9-11-5-3-4-6-15(11)17-16/h3-10,17H,1-2H3. The van der Waals surface area contributed by atoms with Gasteiger partial charge in [0.2, 0.25) is 0 Å². The van der Waals surface area contributed by atoms with Gasteiger partial charge in [0.15, 0.2) is 0 Å². The van der Waals surface area contributed by atoms with Crippen molar-refractivity contribution in [2.45, 2.75) is 0 Å². The summed E-state index contributed by atoms with van der Waals surface area (Å²) in [6, 6.07) is 16.2. The molecule has 0 radical (unpaired) electrons. The van der Waals surface area contributed by atoms with Crippen LogP contribution >= 0.6 is 0 Å². The number of aromatic amines is 1. The minimum atomic E-state index is 0.785. The van der Waals surface area contributed by atoms with Crippen molar-refractivity contribution < 1.29 is 9.47 Å². The van der Waals surface area contributed by atoms with Crippen molar-refractivity contribution in [3.05, 3.63) is 48.5 Å². The smallest absolute Gasteiger partial charge is 0.123 e. The van der Waals surface area contributed by atoms with Crippen molar-refractivity contribution in [1.82, 2.24) is 4.98 Å². The zero-order valence-corrected chi connectivity index (χ0v) is 10.9. The Morgan fingerprint density at radius 3 is 2.16 bits per heavy atom. The van der Waals surface area contributed by atoms with Crippen LogP contribution in [0.15, 0.2) is 48.5 Å². The molecule has 1 heterocycles. The molecular weight excluding hydrogens is 238 g/mol. The van der Waals surface area contributed by atoms with Crippen molar-refractivity contribution in [1.29, 1.82) is 0 Å². The molecule has 3 nitrogen and oxygen atoms in total. The van der Waals surface area contributed by atoms with E-state index in [2.05, 4.69) is 23.2 Å². The molecule has 3 aromatic rings. The van der Waals surface area contributed by atoms with Crippen molar-refractivity contribution >= 4 is 10.9 Å². The van der Waals surface area contributed by atoms with Gasteiger partial charge in [-0.15, -0.1) is 0 Å². The molecule has 0 unspecified atom stereocenters. The Morgan fingerprint density at radius 1 is 0.842 bits per heavy atom. The van der Waals surface area contributed by atoms with Crippen molar-refractivity contribution in [2.75, 3.05) is 14.2 Å². The van der Waals surface area contributed by atoms with Gasteiger partial charge in [0.25, 0.3) is 0 Å². The fraction of sp³-hybridized carbons (Fsp3) is 0.125. The first-order chi connectivity index (χ1) is 9.30. The quantitative estimate of drug-likeness (QED) is 0.769. The first kappa shape index (κ1) is 11.7. The molecule has 0 fully saturated rings. The van der Waals surface area contributed by atoms with Gasteiger partial charge in [-0.3, -0.25) is 0 Å². The van der Waals surface area contributed by atoms with Gasteiger partial charge in [-0.05, 0) is 24.3 Å². The summed E-state index contributed by atoms with van der Waals surface area (Å²) in [5.74, 6) is 1.57. The Balaban J connectivity index is 2.14. The summed E-state index contributed by atoms with van der Waals surface area (Å²) >= 11 is 0. The van der Waals surface area contributed by atoms with Crippen LogP contribution in [0.2, 0.25) is 0 Å². The van der Waals surface area contributed by atoms with Gasteiger partial charge in [-0.2, -0.15) is 0 Å². The highest BCUT2D eigenvalue weighted by Crippen LogP contribution is 2.31. The van der Waals surface area contributed by atoms with Crippen LogP contribution in [0.5, 0.6) is 11.5 Å². The largest absolute Gasteiger partial charge is 0.497 e. The third-order valence-corrected chi connectivity index (χ3v) is 3.19. The number of H-pyrrole nitrogens is 1. The zero-order valence-electron chi connectivity index (χ0n) is 10.9. The second kappa shape index (κ2) is 4.69. The van der Waals surface area contributed by atoms with Crippen molar-refractivity contribution in [3.63, 3.8) is 0 Å². The van der Waals surface area contributed by atoms with Crippen LogP contribution in [-0.4, -0.2) is 19.2 Å². The maximum atomic E-state index is 5.30. The summed E-state index contributed by atoms with van der Waals surface area (Å²) < 4.78 is 10.6. The maximum Gasteiger partial charge on any atom is 0.123 e. The number of benzene rings is 2. The van der Waals surface area contributed by atoms with Gasteiger partial charge in [-0.25, -0.2) is 0 Å². The van der Waals surface area contributed by atoms with E-state index >= 15 is 0 Å². The van der Waals surface area contributed by atoms with E-state index in [9.17, 15) is 0 Å². The lowest BCUT2D eigenvalue weighted by atomic mass is 10.1. The van der Waals surface area contributed by atoms with Crippen LogP contribution in [0.3, 0.4) is 0 Å². The van der Waals surface area contributed by atoms with E-state index in [1.54, 1.807) is 14.2 Å². The number of hydrogen-bond acceptors (Lipinski definition) is 2. The average molecular weight is 253 g/mol. The van der Waals surface area contributed by atoms with E-state index in [0.29, 0.717) is 0 Å². The summed E-state index contributed by atoms with van der Waals surface area (Å²) in [4.78, 5) is 3.40. The molecule has 0 aliphatic carbocycles. The fourth-order valence-electron chi connectivity index (χ4n) is 2.19. The predicted molar refractivity (Wildman–Crippen MR) is 76.8 cm³/mol. The average Bonchev–Trinajstić information content (AvgIpc) is 2.90. The number of rotatable bonds is 3. The minimum absolute atomic E-state index is 0.785. The summed E-state index contributed by atoms with van der Waals surface area (Å²) in [7, 11) is 3.31. The Morgan fingerprint density at radius 2 is 1.53 bits per heavy atom. The molecule has 1 aromatic heterocycles. The second-order valence-electron chi connectivity index (χ2n) is 4.37. The zero-order chi connectivity index (χ0) is 13.2. The predicted octanol–water partition coefficient (Wildman–Crippen LogP) is 3.85. The van der Waals surface area contributed by atoms with Gasteiger partial charge in [0.05, 0.1) is 14.2 Å². The molecular formula is C16H15NO2. The summed E-state index contributed by atoms with van der Waals surface area (Å²) in [5, 5.41) is 1.19. The molecule has 0 aliphatic heterocycles. The third kappa shape index (κ3) is 2.15. The van der Waals surface area contributed by atoms with E-state index in [4.69, 9.17) is 9.47 Å². The SMILES string of the molecule is COc1cc(OC)cc(-c2cc3ccccc3[nH]2)c1. The minimum Gasteiger partial charge on any atom is -0.497 e. The van der Waals surface area contributed by atoms with Crippen LogP contribution in [0, 0.1) is 0 Å². The highest BCUT2D eigenvalue weighted by molar-refractivity contribution is 5.86. The molecule has 3 heteroatoms. The molecule has 0 bridgehead atoms. The Hall–Kier alpha value is -2.42. The van der Waals surface area contributed by atoms with Crippen LogP contribution in [0.4, 0.5) is 0 Å². The van der Waals surface area contributed by atoms with Crippen LogP contribution < -0.4 is 9.47 Å². The number of para-hydroxylation sites is 1. The number of fused-ring (bicyclic) bond motifs is 1. The third-order valence-electron chi connectivity index (χ3n) is 3.19. The number of hydrogen-bond donors (Lipinski definition) is 1. The number of ether oxygens (including phenoxy) is 2. The normalized spacial score (nSPS) is 10.6. The van der Waals surface area contributed by atoms with E-state index < -0.39 is 0 Å². The van der Waals surface area contributed by atoms with Crippen molar-refractivity contribution in [3.8, 4) is 22.8 Å². The Kier molecular flexibility index (Phi) is 2.88. The molecule has 0 saturated heterocycles. The fourth-order valence-corrected chi connectivity index (χ4v) is 2.19. The highest BCUT2D eigenvalue weighted by Gasteiger charge is 2.07. The van der Waals surface area contributed by atoms with Crippen LogP contribution in [-0.2, 0) is 0 Å². The molecule has 1 N–H and O–H groups in total. The number of nitrogens with one attached hydrogen (secondary N) is 1. The second-order valence-corrected chi connectivity index (χ2v) is 4.37. The lowest BCUT2D eigenvalue weighted by molar-refractivity contribution is 0.394. The number of methoxy groups -OCH3 is 2. The first-order valence-electron chi connectivity index (χ1n) is 6.11. The van der Waals surface area contributed by atoms with E-state index in [1.165, 1.54) is 5.39 Å². The van der Waals surface area contributed by atoms with Gasteiger partial charge in [0, 0.05) is 28.2 Å². The maximum absolute atomic E-state index is 5.30. The molecule has 96 valence electrons. The lowest BCUT2D eigenvalue weighted by Gasteiger charge is -2.07. The monoisotopic (exact) mass is 253 g/mol. The van der Waals surface area contributed by atoms with Gasteiger partial charge < -0.3 is 14.5 Å². The molecule has 0 saturated carbocycles. The van der Waals surface area contributed by atoms with Crippen LogP contribution in [0.1, 0.15) is 0 Å². The highest BCUT2D eigenvalue weighted by atomic mass is 16.5.